The number of nitrogens with one attached hydrogen (secondary N) is 1. The molecule has 0 spiro atoms. The summed E-state index contributed by atoms with van der Waals surface area (Å²) in [7, 11) is 0. The first-order valence-electron chi connectivity index (χ1n) is 8.97. The zero-order chi connectivity index (χ0) is 21.1. The van der Waals surface area contributed by atoms with Crippen LogP contribution in [-0.4, -0.2) is 40.3 Å². The minimum atomic E-state index is -0.988. The maximum absolute atomic E-state index is 13.5. The Morgan fingerprint density at radius 2 is 1.93 bits per heavy atom. The Hall–Kier alpha value is -1.19. The smallest absolute Gasteiger partial charge is 0.195 e. The van der Waals surface area contributed by atoms with E-state index >= 15 is 0 Å². The van der Waals surface area contributed by atoms with E-state index in [4.69, 9.17) is 9.84 Å². The molecule has 29 heavy (non-hydrogen) atoms. The van der Waals surface area contributed by atoms with Crippen molar-refractivity contribution in [3.8, 4) is 5.75 Å². The Morgan fingerprint density at radius 1 is 1.21 bits per heavy atom. The molecule has 1 atom stereocenters. The van der Waals surface area contributed by atoms with Gasteiger partial charge in [-0.15, -0.1) is 0 Å². The summed E-state index contributed by atoms with van der Waals surface area (Å²) in [5.41, 5.74) is 3.35. The van der Waals surface area contributed by atoms with Crippen molar-refractivity contribution in [1.29, 1.82) is 0 Å². The van der Waals surface area contributed by atoms with E-state index in [0.29, 0.717) is 25.8 Å². The molecular weight excluding hydrogens is 570 g/mol. The molecule has 2 aromatic carbocycles. The number of benzene rings is 2. The molecule has 8 heteroatoms. The number of ether oxygens (including phenoxy) is 1. The number of carbonyl (C=O) groups excluding carboxylic acids is 1. The number of rotatable bonds is 4. The van der Waals surface area contributed by atoms with Crippen molar-refractivity contribution >= 4 is 64.5 Å². The molecule has 0 bridgehead atoms. The molecule has 0 unspecified atom stereocenters. The van der Waals surface area contributed by atoms with E-state index < -0.39 is 18.1 Å². The first-order chi connectivity index (χ1) is 13.7. The van der Waals surface area contributed by atoms with Gasteiger partial charge < -0.3 is 19.9 Å². The van der Waals surface area contributed by atoms with Crippen LogP contribution >= 0.6 is 47.8 Å². The number of aliphatic hydroxyl groups is 2. The summed E-state index contributed by atoms with van der Waals surface area (Å²) in [6, 6.07) is 7.62. The Balaban J connectivity index is 1.93. The molecule has 0 radical (unpaired) electrons. The largest absolute Gasteiger partial charge is 0.488 e. The Labute approximate surface area is 192 Å². The molecule has 0 amide bonds. The number of aromatic amines is 1. The highest BCUT2D eigenvalue weighted by Crippen LogP contribution is 2.50. The van der Waals surface area contributed by atoms with Gasteiger partial charge in [0.05, 0.1) is 21.1 Å². The molecule has 0 saturated carbocycles. The highest BCUT2D eigenvalue weighted by Gasteiger charge is 2.42. The summed E-state index contributed by atoms with van der Waals surface area (Å²) < 4.78 is 7.93. The number of fused-ring (bicyclic) bond motifs is 4. The van der Waals surface area contributed by atoms with Crippen LogP contribution in [0.5, 0.6) is 5.75 Å². The van der Waals surface area contributed by atoms with Gasteiger partial charge in [0.2, 0.25) is 0 Å². The van der Waals surface area contributed by atoms with Crippen LogP contribution in [0, 0.1) is 0 Å². The number of halogens is 3. The van der Waals surface area contributed by atoms with Crippen molar-refractivity contribution in [3.63, 3.8) is 0 Å². The topological polar surface area (TPSA) is 82.6 Å². The van der Waals surface area contributed by atoms with Crippen LogP contribution < -0.4 is 4.74 Å². The minimum Gasteiger partial charge on any atom is -0.488 e. The second-order valence-electron chi connectivity index (χ2n) is 7.59. The van der Waals surface area contributed by atoms with Crippen molar-refractivity contribution in [2.45, 2.75) is 25.4 Å². The quantitative estimate of drug-likeness (QED) is 0.399. The molecule has 1 aliphatic rings. The van der Waals surface area contributed by atoms with E-state index in [1.165, 1.54) is 0 Å². The van der Waals surface area contributed by atoms with Gasteiger partial charge in [-0.05, 0) is 55.6 Å². The monoisotopic (exact) mass is 585 g/mol. The molecule has 1 aliphatic carbocycles. The van der Waals surface area contributed by atoms with Crippen molar-refractivity contribution in [2.24, 2.45) is 0 Å². The summed E-state index contributed by atoms with van der Waals surface area (Å²) in [6.45, 7) is 3.67. The summed E-state index contributed by atoms with van der Waals surface area (Å²) in [5.74, 6) is 0.436. The predicted octanol–water partition coefficient (Wildman–Crippen LogP) is 5.06. The van der Waals surface area contributed by atoms with E-state index in [2.05, 4.69) is 66.6 Å². The van der Waals surface area contributed by atoms with Crippen molar-refractivity contribution in [2.75, 3.05) is 13.2 Å². The van der Waals surface area contributed by atoms with Crippen LogP contribution in [0.2, 0.25) is 0 Å². The summed E-state index contributed by atoms with van der Waals surface area (Å²) in [6.07, 6.45) is -0.988. The zero-order valence-corrected chi connectivity index (χ0v) is 20.4. The molecular formula is C21H18Br3NO4. The van der Waals surface area contributed by atoms with Gasteiger partial charge in [0.15, 0.2) is 5.78 Å². The van der Waals surface area contributed by atoms with Crippen LogP contribution in [0.4, 0.5) is 0 Å². The first kappa shape index (κ1) is 21.1. The molecule has 3 N–H and O–H groups in total. The Bertz CT molecular complexity index is 1150. The number of aliphatic hydroxyl groups excluding tert-OH is 2. The first-order valence-corrected chi connectivity index (χ1v) is 11.3. The fourth-order valence-corrected chi connectivity index (χ4v) is 6.10. The van der Waals surface area contributed by atoms with Crippen molar-refractivity contribution in [3.05, 3.63) is 60.1 Å². The third kappa shape index (κ3) is 3.29. The maximum Gasteiger partial charge on any atom is 0.195 e. The molecule has 0 fully saturated rings. The lowest BCUT2D eigenvalue weighted by Crippen LogP contribution is -2.31. The Kier molecular flexibility index (Phi) is 5.44. The van der Waals surface area contributed by atoms with Gasteiger partial charge in [-0.3, -0.25) is 4.79 Å². The van der Waals surface area contributed by atoms with E-state index in [1.54, 1.807) is 6.07 Å². The van der Waals surface area contributed by atoms with Gasteiger partial charge >= 0.3 is 0 Å². The molecule has 152 valence electrons. The van der Waals surface area contributed by atoms with E-state index in [0.717, 1.165) is 26.6 Å². The third-order valence-corrected chi connectivity index (χ3v) is 7.13. The number of H-pyrrole nitrogens is 1. The lowest BCUT2D eigenvalue weighted by molar-refractivity contribution is 0.0530. The van der Waals surface area contributed by atoms with Gasteiger partial charge in [-0.2, -0.15) is 0 Å². The molecule has 0 aliphatic heterocycles. The van der Waals surface area contributed by atoms with Gasteiger partial charge in [-0.25, -0.2) is 0 Å². The van der Waals surface area contributed by atoms with Gasteiger partial charge in [0, 0.05) is 32.0 Å². The fraction of sp³-hybridized carbons (Fsp3) is 0.286. The molecule has 1 aromatic heterocycles. The van der Waals surface area contributed by atoms with Gasteiger partial charge in [-0.1, -0.05) is 35.8 Å². The molecule has 5 nitrogen and oxygen atoms in total. The number of aromatic nitrogens is 1. The van der Waals surface area contributed by atoms with Crippen LogP contribution in [0.3, 0.4) is 0 Å². The highest BCUT2D eigenvalue weighted by atomic mass is 79.9. The van der Waals surface area contributed by atoms with E-state index in [-0.39, 0.29) is 12.4 Å². The van der Waals surface area contributed by atoms with Crippen molar-refractivity contribution in [1.82, 2.24) is 4.98 Å². The number of hydrogen-bond acceptors (Lipinski definition) is 4. The number of hydrogen-bond donors (Lipinski definition) is 3. The Morgan fingerprint density at radius 3 is 2.62 bits per heavy atom. The average molecular weight is 588 g/mol. The SMILES string of the molecule is CC1(C)c2[nH]c3cc(Br)ccc3c2C(=O)c2cc(Br)c(OC[C@H](O)CO)c(Br)c21. The zero-order valence-electron chi connectivity index (χ0n) is 15.6. The van der Waals surface area contributed by atoms with E-state index in [1.807, 2.05) is 18.2 Å². The second-order valence-corrected chi connectivity index (χ2v) is 10.2. The summed E-state index contributed by atoms with van der Waals surface area (Å²) >= 11 is 10.6. The number of ketones is 1. The van der Waals surface area contributed by atoms with Crippen molar-refractivity contribution < 1.29 is 19.7 Å². The minimum absolute atomic E-state index is 0.0498. The van der Waals surface area contributed by atoms with Crippen LogP contribution in [0.1, 0.15) is 41.0 Å². The molecule has 3 aromatic rings. The van der Waals surface area contributed by atoms with E-state index in [9.17, 15) is 9.90 Å². The normalized spacial score (nSPS) is 15.9. The van der Waals surface area contributed by atoms with Gasteiger partial charge in [0.1, 0.15) is 18.5 Å². The van der Waals surface area contributed by atoms with Crippen LogP contribution in [0.15, 0.2) is 37.7 Å². The molecule has 1 heterocycles. The predicted molar refractivity (Wildman–Crippen MR) is 122 cm³/mol. The molecule has 4 rings (SSSR count). The second kappa shape index (κ2) is 7.50. The summed E-state index contributed by atoms with van der Waals surface area (Å²) in [5, 5.41) is 19.6. The summed E-state index contributed by atoms with van der Waals surface area (Å²) in [4.78, 5) is 16.9. The lowest BCUT2D eigenvalue weighted by atomic mass is 9.71. The lowest BCUT2D eigenvalue weighted by Gasteiger charge is -2.34. The molecule has 0 saturated heterocycles. The van der Waals surface area contributed by atoms with Crippen LogP contribution in [-0.2, 0) is 5.41 Å². The standard InChI is InChI=1S/C21H18Br3NO4/c1-21(2)16-12(6-13(23)19(17(16)24)29-8-10(27)7-26)18(28)15-11-4-3-9(22)5-14(11)25-20(15)21/h3-6,10,25-27H,7-8H2,1-2H3/t10-/m1/s1. The maximum atomic E-state index is 13.5. The third-order valence-electron chi connectivity index (χ3n) is 5.29. The van der Waals surface area contributed by atoms with Gasteiger partial charge in [0.25, 0.3) is 0 Å². The number of carbonyl (C=O) groups is 1. The highest BCUT2D eigenvalue weighted by molar-refractivity contribution is 9.11. The average Bonchev–Trinajstić information content (AvgIpc) is 3.05. The fourth-order valence-electron chi connectivity index (χ4n) is 3.89. The van der Waals surface area contributed by atoms with Crippen LogP contribution in [0.25, 0.3) is 10.9 Å².